The number of rotatable bonds is 10. The highest BCUT2D eigenvalue weighted by atomic mass is 32.1. The molecule has 5 aromatic rings. The molecule has 194 valence electrons. The third-order valence-electron chi connectivity index (χ3n) is 5.49. The van der Waals surface area contributed by atoms with Gasteiger partial charge in [0.2, 0.25) is 0 Å². The number of aromatic nitrogens is 5. The molecule has 0 aliphatic rings. The van der Waals surface area contributed by atoms with Gasteiger partial charge in [-0.25, -0.2) is 19.9 Å². The fraction of sp³-hybridized carbons (Fsp3) is 0.222. The molecule has 0 aliphatic heterocycles. The summed E-state index contributed by atoms with van der Waals surface area (Å²) >= 11 is 1.22. The predicted molar refractivity (Wildman–Crippen MR) is 147 cm³/mol. The Balaban J connectivity index is 1.58. The number of thiazole rings is 1. The number of nitrogens with one attached hydrogen (secondary N) is 1. The van der Waals surface area contributed by atoms with Crippen LogP contribution in [0.15, 0.2) is 60.5 Å². The molecule has 0 fully saturated rings. The summed E-state index contributed by atoms with van der Waals surface area (Å²) in [5.41, 5.74) is 8.42. The first-order valence-corrected chi connectivity index (χ1v) is 13.0. The first-order chi connectivity index (χ1) is 18.4. The molecule has 0 unspecified atom stereocenters. The number of fused-ring (bicyclic) bond motifs is 1. The zero-order valence-electron chi connectivity index (χ0n) is 21.2. The number of primary amides is 1. The monoisotopic (exact) mass is 529 g/mol. The Labute approximate surface area is 223 Å². The molecule has 1 amide bonds. The fourth-order valence-electron chi connectivity index (χ4n) is 3.92. The second-order valence-electron chi connectivity index (χ2n) is 8.75. The van der Waals surface area contributed by atoms with E-state index in [0.717, 1.165) is 22.2 Å². The number of carbonyl (C=O) groups excluding carboxylic acids is 1. The van der Waals surface area contributed by atoms with Crippen molar-refractivity contribution in [1.29, 1.82) is 0 Å². The van der Waals surface area contributed by atoms with Gasteiger partial charge in [-0.3, -0.25) is 4.79 Å². The molecule has 0 atom stereocenters. The molecule has 3 N–H and O–H groups in total. The number of carbonyl (C=O) groups is 1. The fourth-order valence-corrected chi connectivity index (χ4v) is 4.60. The summed E-state index contributed by atoms with van der Waals surface area (Å²) in [6.45, 7) is 6.82. The number of imidazole rings is 1. The number of hydrogen-bond donors (Lipinski definition) is 2. The Morgan fingerprint density at radius 2 is 2.03 bits per heavy atom. The maximum absolute atomic E-state index is 11.5. The lowest BCUT2D eigenvalue weighted by Gasteiger charge is -2.17. The minimum atomic E-state index is -0.542. The van der Waals surface area contributed by atoms with E-state index in [9.17, 15) is 4.79 Å². The van der Waals surface area contributed by atoms with Crippen LogP contribution in [0.3, 0.4) is 0 Å². The van der Waals surface area contributed by atoms with Gasteiger partial charge in [-0.2, -0.15) is 0 Å². The van der Waals surface area contributed by atoms with Gasteiger partial charge in [-0.05, 0) is 39.0 Å². The normalized spacial score (nSPS) is 11.2. The number of hydrogen-bond acceptors (Lipinski definition) is 9. The molecule has 10 nitrogen and oxygen atoms in total. The molecule has 0 aliphatic carbocycles. The maximum atomic E-state index is 11.5. The second-order valence-corrected chi connectivity index (χ2v) is 9.61. The molecule has 0 radical (unpaired) electrons. The molecule has 0 spiro atoms. The van der Waals surface area contributed by atoms with Gasteiger partial charge in [0.15, 0.2) is 22.3 Å². The highest BCUT2D eigenvalue weighted by Crippen LogP contribution is 2.36. The third-order valence-corrected chi connectivity index (χ3v) is 6.35. The van der Waals surface area contributed by atoms with Crippen molar-refractivity contribution in [3.8, 4) is 22.8 Å². The maximum Gasteiger partial charge on any atom is 0.277 e. The molecule has 0 bridgehead atoms. The summed E-state index contributed by atoms with van der Waals surface area (Å²) in [4.78, 5) is 29.6. The number of amides is 1. The Kier molecular flexibility index (Phi) is 7.18. The highest BCUT2D eigenvalue weighted by molar-refractivity contribution is 7.12. The van der Waals surface area contributed by atoms with Crippen LogP contribution in [0.5, 0.6) is 11.5 Å². The summed E-state index contributed by atoms with van der Waals surface area (Å²) in [5, 5.41) is 6.32. The van der Waals surface area contributed by atoms with E-state index in [0.29, 0.717) is 42.0 Å². The molecule has 38 heavy (non-hydrogen) atoms. The average molecular weight is 530 g/mol. The lowest BCUT2D eigenvalue weighted by Crippen LogP contribution is -2.10. The molecule has 3 aromatic heterocycles. The first-order valence-electron chi connectivity index (χ1n) is 12.1. The summed E-state index contributed by atoms with van der Waals surface area (Å²) in [6.07, 6.45) is 5.28. The SMILES string of the molecule is CCOc1cc2c(Nc3cccc(-c4csc(C(N)=O)n4)c3)nc(Cn3ccnc3)nc2cc1OC(C)C. The Morgan fingerprint density at radius 3 is 2.74 bits per heavy atom. The second kappa shape index (κ2) is 10.9. The number of anilines is 2. The van der Waals surface area contributed by atoms with Crippen LogP contribution in [0.25, 0.3) is 22.2 Å². The molecule has 3 heterocycles. The zero-order chi connectivity index (χ0) is 26.6. The minimum absolute atomic E-state index is 0.0277. The van der Waals surface area contributed by atoms with Crippen LogP contribution >= 0.6 is 11.3 Å². The molecular formula is C27H27N7O3S. The van der Waals surface area contributed by atoms with E-state index in [4.69, 9.17) is 25.2 Å². The molecule has 0 saturated carbocycles. The number of nitrogens with two attached hydrogens (primary N) is 1. The molecular weight excluding hydrogens is 502 g/mol. The van der Waals surface area contributed by atoms with Crippen LogP contribution < -0.4 is 20.5 Å². The van der Waals surface area contributed by atoms with E-state index in [2.05, 4.69) is 15.3 Å². The quantitative estimate of drug-likeness (QED) is 0.258. The van der Waals surface area contributed by atoms with Crippen molar-refractivity contribution in [3.05, 3.63) is 71.3 Å². The van der Waals surface area contributed by atoms with Crippen molar-refractivity contribution in [2.45, 2.75) is 33.4 Å². The van der Waals surface area contributed by atoms with Crippen LogP contribution in [-0.2, 0) is 6.54 Å². The lowest BCUT2D eigenvalue weighted by molar-refractivity contribution is 0.1000. The van der Waals surface area contributed by atoms with Gasteiger partial charge in [0.25, 0.3) is 5.91 Å². The topological polar surface area (TPSA) is 130 Å². The highest BCUT2D eigenvalue weighted by Gasteiger charge is 2.16. The van der Waals surface area contributed by atoms with Crippen LogP contribution in [0.2, 0.25) is 0 Å². The Morgan fingerprint density at radius 1 is 1.16 bits per heavy atom. The Hall–Kier alpha value is -4.51. The minimum Gasteiger partial charge on any atom is -0.490 e. The van der Waals surface area contributed by atoms with Crippen molar-refractivity contribution < 1.29 is 14.3 Å². The standard InChI is InChI=1S/C27H27N7O3S/c1-4-36-22-11-19-20(12-23(22)37-16(2)3)31-24(13-34-9-8-29-15-34)33-26(19)30-18-7-5-6-17(10-18)21-14-38-27(32-21)25(28)35/h5-12,14-16H,4,13H2,1-3H3,(H2,28,35)(H,30,31,33). The third kappa shape index (κ3) is 5.57. The van der Waals surface area contributed by atoms with E-state index in [1.165, 1.54) is 11.3 Å². The van der Waals surface area contributed by atoms with Crippen LogP contribution in [0.1, 0.15) is 36.4 Å². The van der Waals surface area contributed by atoms with E-state index in [1.54, 1.807) is 12.5 Å². The summed E-state index contributed by atoms with van der Waals surface area (Å²) in [6, 6.07) is 11.5. The average Bonchev–Trinajstić information content (AvgIpc) is 3.57. The molecule has 0 saturated heterocycles. The largest absolute Gasteiger partial charge is 0.490 e. The van der Waals surface area contributed by atoms with E-state index >= 15 is 0 Å². The number of nitrogens with zero attached hydrogens (tertiary/aromatic N) is 5. The molecule has 2 aromatic carbocycles. The van der Waals surface area contributed by atoms with Crippen molar-refractivity contribution in [2.24, 2.45) is 5.73 Å². The molecule has 11 heteroatoms. The summed E-state index contributed by atoms with van der Waals surface area (Å²) in [5.74, 6) is 1.94. The predicted octanol–water partition coefficient (Wildman–Crippen LogP) is 5.03. The zero-order valence-corrected chi connectivity index (χ0v) is 22.0. The Bertz CT molecular complexity index is 1580. The van der Waals surface area contributed by atoms with Crippen molar-refractivity contribution in [1.82, 2.24) is 24.5 Å². The van der Waals surface area contributed by atoms with Crippen LogP contribution in [0, 0.1) is 0 Å². The van der Waals surface area contributed by atoms with Gasteiger partial charge in [-0.1, -0.05) is 12.1 Å². The van der Waals surface area contributed by atoms with Crippen molar-refractivity contribution in [2.75, 3.05) is 11.9 Å². The van der Waals surface area contributed by atoms with Crippen molar-refractivity contribution in [3.63, 3.8) is 0 Å². The number of ether oxygens (including phenoxy) is 2. The number of benzene rings is 2. The summed E-state index contributed by atoms with van der Waals surface area (Å²) in [7, 11) is 0. The molecule has 5 rings (SSSR count). The van der Waals surface area contributed by atoms with E-state index < -0.39 is 5.91 Å². The summed E-state index contributed by atoms with van der Waals surface area (Å²) < 4.78 is 13.8. The smallest absolute Gasteiger partial charge is 0.277 e. The van der Waals surface area contributed by atoms with Gasteiger partial charge in [0, 0.05) is 40.5 Å². The van der Waals surface area contributed by atoms with Gasteiger partial charge in [0.1, 0.15) is 5.82 Å². The van der Waals surface area contributed by atoms with Gasteiger partial charge >= 0.3 is 0 Å². The van der Waals surface area contributed by atoms with Gasteiger partial charge in [0.05, 0.1) is 36.8 Å². The van der Waals surface area contributed by atoms with Gasteiger partial charge < -0.3 is 25.1 Å². The van der Waals surface area contributed by atoms with E-state index in [1.807, 2.05) is 73.3 Å². The van der Waals surface area contributed by atoms with Crippen LogP contribution in [0.4, 0.5) is 11.5 Å². The van der Waals surface area contributed by atoms with Crippen LogP contribution in [-0.4, -0.2) is 43.1 Å². The lowest BCUT2D eigenvalue weighted by atomic mass is 10.1. The van der Waals surface area contributed by atoms with E-state index in [-0.39, 0.29) is 11.1 Å². The van der Waals surface area contributed by atoms with Crippen molar-refractivity contribution >= 4 is 39.7 Å². The van der Waals surface area contributed by atoms with Gasteiger partial charge in [-0.15, -0.1) is 11.3 Å². The first kappa shape index (κ1) is 25.2.